The lowest BCUT2D eigenvalue weighted by molar-refractivity contribution is 0.212. The Balaban J connectivity index is 2.17. The zero-order valence-corrected chi connectivity index (χ0v) is 7.62. The van der Waals surface area contributed by atoms with Gasteiger partial charge in [0, 0.05) is 5.56 Å². The number of rotatable bonds is 0. The second kappa shape index (κ2) is 3.18. The highest BCUT2D eigenvalue weighted by Gasteiger charge is 2.38. The fourth-order valence-electron chi connectivity index (χ4n) is 1.06. The zero-order valence-electron chi connectivity index (χ0n) is 7.62. The Hall–Kier alpha value is -1.77. The van der Waals surface area contributed by atoms with Gasteiger partial charge in [0.25, 0.3) is 0 Å². The summed E-state index contributed by atoms with van der Waals surface area (Å²) in [6.07, 6.45) is 1.55. The lowest BCUT2D eigenvalue weighted by Gasteiger charge is -1.93. The molecule has 0 bridgehead atoms. The van der Waals surface area contributed by atoms with Crippen molar-refractivity contribution in [3.05, 3.63) is 35.4 Å². The van der Waals surface area contributed by atoms with E-state index in [4.69, 9.17) is 5.26 Å². The molecule has 0 unspecified atom stereocenters. The summed E-state index contributed by atoms with van der Waals surface area (Å²) in [5.41, 5.74) is 0.735. The van der Waals surface area contributed by atoms with Gasteiger partial charge < -0.3 is 5.11 Å². The fourth-order valence-corrected chi connectivity index (χ4v) is 1.06. The van der Waals surface area contributed by atoms with E-state index in [2.05, 4.69) is 11.8 Å². The highest BCUT2D eigenvalue weighted by Crippen LogP contribution is 2.33. The van der Waals surface area contributed by atoms with E-state index in [-0.39, 0.29) is 0 Å². The number of hydrogen-bond donors (Lipinski definition) is 1. The van der Waals surface area contributed by atoms with E-state index in [1.54, 1.807) is 24.3 Å². The van der Waals surface area contributed by atoms with Crippen molar-refractivity contribution in [3.8, 4) is 17.9 Å². The second-order valence-corrected chi connectivity index (χ2v) is 3.47. The van der Waals surface area contributed by atoms with Crippen LogP contribution in [0, 0.1) is 23.2 Å². The summed E-state index contributed by atoms with van der Waals surface area (Å²) in [5.74, 6) is 5.70. The Morgan fingerprint density at radius 1 is 1.14 bits per heavy atom. The van der Waals surface area contributed by atoms with E-state index in [0.29, 0.717) is 5.56 Å². The SMILES string of the molecule is N#Cc1ccc(C#CC2(O)CC2)cc1. The third kappa shape index (κ3) is 1.93. The number of nitrogens with zero attached hydrogens (tertiary/aromatic N) is 1. The molecule has 1 aromatic carbocycles. The second-order valence-electron chi connectivity index (χ2n) is 3.47. The molecular weight excluding hydrogens is 174 g/mol. The normalized spacial score (nSPS) is 16.3. The van der Waals surface area contributed by atoms with Crippen LogP contribution in [0.4, 0.5) is 0 Å². The average molecular weight is 183 g/mol. The molecule has 1 aromatic rings. The molecule has 1 N–H and O–H groups in total. The molecule has 1 fully saturated rings. The van der Waals surface area contributed by atoms with E-state index in [1.165, 1.54) is 0 Å². The highest BCUT2D eigenvalue weighted by atomic mass is 16.3. The van der Waals surface area contributed by atoms with Crippen LogP contribution in [0.15, 0.2) is 24.3 Å². The van der Waals surface area contributed by atoms with Crippen LogP contribution in [-0.4, -0.2) is 10.7 Å². The van der Waals surface area contributed by atoms with Gasteiger partial charge in [0.2, 0.25) is 0 Å². The summed E-state index contributed by atoms with van der Waals surface area (Å²) >= 11 is 0. The van der Waals surface area contributed by atoms with Crippen LogP contribution in [-0.2, 0) is 0 Å². The zero-order chi connectivity index (χ0) is 10.0. The molecule has 2 rings (SSSR count). The Bertz CT molecular complexity index is 438. The molecule has 68 valence electrons. The Labute approximate surface area is 82.8 Å². The molecule has 1 aliphatic carbocycles. The molecule has 0 saturated heterocycles. The van der Waals surface area contributed by atoms with Gasteiger partial charge in [-0.2, -0.15) is 5.26 Å². The van der Waals surface area contributed by atoms with Gasteiger partial charge in [0.1, 0.15) is 5.60 Å². The van der Waals surface area contributed by atoms with Crippen LogP contribution in [0.5, 0.6) is 0 Å². The van der Waals surface area contributed by atoms with E-state index >= 15 is 0 Å². The number of aliphatic hydroxyl groups is 1. The lowest BCUT2D eigenvalue weighted by atomic mass is 10.1. The van der Waals surface area contributed by atoms with Crippen molar-refractivity contribution in [3.63, 3.8) is 0 Å². The summed E-state index contributed by atoms with van der Waals surface area (Å²) in [5, 5.41) is 18.0. The van der Waals surface area contributed by atoms with Crippen LogP contribution >= 0.6 is 0 Å². The van der Waals surface area contributed by atoms with Crippen LogP contribution in [0.25, 0.3) is 0 Å². The van der Waals surface area contributed by atoms with Crippen LogP contribution < -0.4 is 0 Å². The topological polar surface area (TPSA) is 44.0 Å². The van der Waals surface area contributed by atoms with Crippen LogP contribution in [0.2, 0.25) is 0 Å². The average Bonchev–Trinajstić information content (AvgIpc) is 2.95. The van der Waals surface area contributed by atoms with Gasteiger partial charge in [-0.15, -0.1) is 0 Å². The molecule has 1 aliphatic rings. The summed E-state index contributed by atoms with van der Waals surface area (Å²) in [6, 6.07) is 9.07. The fraction of sp³-hybridized carbons (Fsp3) is 0.250. The molecule has 0 aromatic heterocycles. The summed E-state index contributed by atoms with van der Waals surface area (Å²) < 4.78 is 0. The maximum atomic E-state index is 9.46. The first kappa shape index (κ1) is 8.81. The minimum atomic E-state index is -0.728. The van der Waals surface area contributed by atoms with Crippen molar-refractivity contribution >= 4 is 0 Å². The summed E-state index contributed by atoms with van der Waals surface area (Å²) in [4.78, 5) is 0. The monoisotopic (exact) mass is 183 g/mol. The third-order valence-electron chi connectivity index (χ3n) is 2.18. The van der Waals surface area contributed by atoms with Crippen molar-refractivity contribution in [2.24, 2.45) is 0 Å². The van der Waals surface area contributed by atoms with Gasteiger partial charge in [-0.05, 0) is 37.1 Å². The molecule has 1 saturated carbocycles. The smallest absolute Gasteiger partial charge is 0.126 e. The number of hydrogen-bond acceptors (Lipinski definition) is 2. The van der Waals surface area contributed by atoms with Crippen molar-refractivity contribution in [2.75, 3.05) is 0 Å². The summed E-state index contributed by atoms with van der Waals surface area (Å²) in [6.45, 7) is 0. The number of benzene rings is 1. The van der Waals surface area contributed by atoms with Crippen molar-refractivity contribution in [2.45, 2.75) is 18.4 Å². The molecule has 14 heavy (non-hydrogen) atoms. The van der Waals surface area contributed by atoms with Crippen molar-refractivity contribution in [1.29, 1.82) is 5.26 Å². The molecular formula is C12H9NO. The maximum absolute atomic E-state index is 9.46. The Kier molecular flexibility index (Phi) is 2.00. The first-order valence-corrected chi connectivity index (χ1v) is 4.48. The molecule has 2 nitrogen and oxygen atoms in total. The maximum Gasteiger partial charge on any atom is 0.126 e. The van der Waals surface area contributed by atoms with Gasteiger partial charge in [-0.3, -0.25) is 0 Å². The van der Waals surface area contributed by atoms with Crippen LogP contribution in [0.1, 0.15) is 24.0 Å². The van der Waals surface area contributed by atoms with Gasteiger partial charge >= 0.3 is 0 Å². The third-order valence-corrected chi connectivity index (χ3v) is 2.18. The standard InChI is InChI=1S/C12H9NO/c13-9-11-3-1-10(2-4-11)5-6-12(14)7-8-12/h1-4,14H,7-8H2. The Morgan fingerprint density at radius 2 is 1.71 bits per heavy atom. The molecule has 0 amide bonds. The molecule has 0 aliphatic heterocycles. The van der Waals surface area contributed by atoms with E-state index in [1.807, 2.05) is 6.07 Å². The van der Waals surface area contributed by atoms with Gasteiger partial charge in [-0.1, -0.05) is 11.8 Å². The lowest BCUT2D eigenvalue weighted by Crippen LogP contribution is -2.00. The predicted octanol–water partition coefficient (Wildman–Crippen LogP) is 1.43. The van der Waals surface area contributed by atoms with Gasteiger partial charge in [-0.25, -0.2) is 0 Å². The van der Waals surface area contributed by atoms with E-state index in [9.17, 15) is 5.11 Å². The molecule has 2 heteroatoms. The minimum Gasteiger partial charge on any atom is -0.378 e. The van der Waals surface area contributed by atoms with Gasteiger partial charge in [0.15, 0.2) is 0 Å². The largest absolute Gasteiger partial charge is 0.378 e. The van der Waals surface area contributed by atoms with Crippen LogP contribution in [0.3, 0.4) is 0 Å². The quantitative estimate of drug-likeness (QED) is 0.618. The first-order valence-electron chi connectivity index (χ1n) is 4.48. The minimum absolute atomic E-state index is 0.626. The van der Waals surface area contributed by atoms with Crippen molar-refractivity contribution < 1.29 is 5.11 Å². The molecule has 0 radical (unpaired) electrons. The Morgan fingerprint density at radius 3 is 2.21 bits per heavy atom. The molecule has 0 spiro atoms. The first-order chi connectivity index (χ1) is 6.72. The van der Waals surface area contributed by atoms with E-state index < -0.39 is 5.60 Å². The van der Waals surface area contributed by atoms with Gasteiger partial charge in [0.05, 0.1) is 11.6 Å². The molecule has 0 heterocycles. The molecule has 0 atom stereocenters. The van der Waals surface area contributed by atoms with Crippen molar-refractivity contribution in [1.82, 2.24) is 0 Å². The van der Waals surface area contributed by atoms with E-state index in [0.717, 1.165) is 18.4 Å². The highest BCUT2D eigenvalue weighted by molar-refractivity contribution is 5.41. The number of nitriles is 1. The predicted molar refractivity (Wildman–Crippen MR) is 52.2 cm³/mol. The summed E-state index contributed by atoms with van der Waals surface area (Å²) in [7, 11) is 0.